The Morgan fingerprint density at radius 2 is 2.31 bits per heavy atom. The maximum atomic E-state index is 10.1. The number of aliphatic hydroxyl groups excluding tert-OH is 1. The highest BCUT2D eigenvalue weighted by Crippen LogP contribution is 2.36. The third-order valence-corrected chi connectivity index (χ3v) is 3.59. The summed E-state index contributed by atoms with van der Waals surface area (Å²) in [6.07, 6.45) is 3.62. The van der Waals surface area contributed by atoms with E-state index in [-0.39, 0.29) is 12.2 Å². The second-order valence-corrected chi connectivity index (χ2v) is 5.30. The highest BCUT2D eigenvalue weighted by Gasteiger charge is 2.26. The van der Waals surface area contributed by atoms with Gasteiger partial charge in [-0.15, -0.1) is 0 Å². The molecule has 0 aromatic heterocycles. The first-order valence-electron chi connectivity index (χ1n) is 5.65. The average molecular weight is 238 g/mol. The molecular weight excluding hydrogens is 220 g/mol. The Bertz CT molecular complexity index is 365. The summed E-state index contributed by atoms with van der Waals surface area (Å²) in [7, 11) is 0. The normalized spacial score (nSPS) is 23.7. The van der Waals surface area contributed by atoms with Gasteiger partial charge >= 0.3 is 0 Å². The Kier molecular flexibility index (Phi) is 3.77. The Morgan fingerprint density at radius 1 is 1.50 bits per heavy atom. The largest absolute Gasteiger partial charge is 0.490 e. The Balaban J connectivity index is 2.13. The number of aliphatic hydroxyl groups is 1. The van der Waals surface area contributed by atoms with Gasteiger partial charge in [0.1, 0.15) is 11.9 Å². The fourth-order valence-corrected chi connectivity index (χ4v) is 2.56. The van der Waals surface area contributed by atoms with E-state index in [1.54, 1.807) is 0 Å². The molecule has 2 rings (SSSR count). The molecule has 1 N–H and O–H groups in total. The highest BCUT2D eigenvalue weighted by atomic mass is 32.2. The molecule has 1 heterocycles. The highest BCUT2D eigenvalue weighted by molar-refractivity contribution is 7.98. The summed E-state index contributed by atoms with van der Waals surface area (Å²) in [6.45, 7) is 2.03. The lowest BCUT2D eigenvalue weighted by Crippen LogP contribution is -2.26. The average Bonchev–Trinajstić information content (AvgIpc) is 2.27. The second-order valence-electron chi connectivity index (χ2n) is 4.31. The van der Waals surface area contributed by atoms with Crippen molar-refractivity contribution >= 4 is 11.8 Å². The van der Waals surface area contributed by atoms with E-state index in [2.05, 4.69) is 6.26 Å². The molecule has 3 heteroatoms. The third kappa shape index (κ3) is 2.53. The number of benzene rings is 1. The molecular formula is C13H18O2S. The lowest BCUT2D eigenvalue weighted by Gasteiger charge is -2.29. The Hall–Kier alpha value is -0.670. The maximum Gasteiger partial charge on any atom is 0.125 e. The summed E-state index contributed by atoms with van der Waals surface area (Å²) in [5, 5.41) is 10.1. The smallest absolute Gasteiger partial charge is 0.125 e. The second kappa shape index (κ2) is 5.11. The summed E-state index contributed by atoms with van der Waals surface area (Å²) < 4.78 is 5.89. The van der Waals surface area contributed by atoms with Gasteiger partial charge in [0.2, 0.25) is 0 Å². The molecule has 1 aliphatic rings. The molecule has 1 aromatic carbocycles. The molecule has 1 aromatic rings. The van der Waals surface area contributed by atoms with Crippen LogP contribution in [-0.2, 0) is 0 Å². The van der Waals surface area contributed by atoms with Crippen molar-refractivity contribution in [3.05, 3.63) is 29.3 Å². The van der Waals surface area contributed by atoms with Gasteiger partial charge in [0.25, 0.3) is 0 Å². The summed E-state index contributed by atoms with van der Waals surface area (Å²) in [6, 6.07) is 6.02. The van der Waals surface area contributed by atoms with Gasteiger partial charge in [-0.25, -0.2) is 0 Å². The van der Waals surface area contributed by atoms with Crippen molar-refractivity contribution in [2.75, 3.05) is 12.0 Å². The number of rotatable bonds is 3. The molecule has 1 aliphatic heterocycles. The minimum absolute atomic E-state index is 0.164. The van der Waals surface area contributed by atoms with Crippen molar-refractivity contribution in [1.82, 2.24) is 0 Å². The lowest BCUT2D eigenvalue weighted by atomic mass is 9.96. The molecule has 88 valence electrons. The molecule has 0 saturated heterocycles. The molecule has 0 saturated carbocycles. The minimum Gasteiger partial charge on any atom is -0.490 e. The molecule has 2 nitrogen and oxygen atoms in total. The summed E-state index contributed by atoms with van der Waals surface area (Å²) in [5.41, 5.74) is 2.12. The van der Waals surface area contributed by atoms with E-state index in [1.807, 2.05) is 36.9 Å². The summed E-state index contributed by atoms with van der Waals surface area (Å²) in [5.74, 6) is 1.94. The zero-order valence-corrected chi connectivity index (χ0v) is 10.6. The molecule has 2 atom stereocenters. The van der Waals surface area contributed by atoms with Gasteiger partial charge < -0.3 is 9.84 Å². The van der Waals surface area contributed by atoms with Crippen molar-refractivity contribution in [2.45, 2.75) is 32.0 Å². The molecule has 0 aliphatic carbocycles. The van der Waals surface area contributed by atoms with Crippen LogP contribution in [0.3, 0.4) is 0 Å². The van der Waals surface area contributed by atoms with Crippen LogP contribution < -0.4 is 4.74 Å². The van der Waals surface area contributed by atoms with Crippen LogP contribution in [0.1, 0.15) is 30.1 Å². The van der Waals surface area contributed by atoms with Crippen molar-refractivity contribution in [1.29, 1.82) is 0 Å². The molecule has 2 unspecified atom stereocenters. The van der Waals surface area contributed by atoms with Crippen molar-refractivity contribution in [3.63, 3.8) is 0 Å². The fourth-order valence-electron chi connectivity index (χ4n) is 2.07. The zero-order valence-electron chi connectivity index (χ0n) is 9.77. The number of aryl methyl sites for hydroxylation is 1. The first-order chi connectivity index (χ1) is 7.70. The van der Waals surface area contributed by atoms with Gasteiger partial charge in [0.15, 0.2) is 0 Å². The summed E-state index contributed by atoms with van der Waals surface area (Å²) in [4.78, 5) is 0. The third-order valence-electron chi connectivity index (χ3n) is 2.95. The van der Waals surface area contributed by atoms with Gasteiger partial charge in [-0.3, -0.25) is 0 Å². The molecule has 0 bridgehead atoms. The van der Waals surface area contributed by atoms with E-state index in [9.17, 15) is 5.11 Å². The van der Waals surface area contributed by atoms with Crippen LogP contribution in [0, 0.1) is 6.92 Å². The predicted molar refractivity (Wildman–Crippen MR) is 68.2 cm³/mol. The molecule has 0 fully saturated rings. The van der Waals surface area contributed by atoms with E-state index >= 15 is 0 Å². The van der Waals surface area contributed by atoms with Crippen LogP contribution in [0.15, 0.2) is 18.2 Å². The van der Waals surface area contributed by atoms with Gasteiger partial charge in [0, 0.05) is 12.0 Å². The number of thioether (sulfide) groups is 1. The van der Waals surface area contributed by atoms with Crippen LogP contribution in [-0.4, -0.2) is 23.2 Å². The van der Waals surface area contributed by atoms with Gasteiger partial charge in [-0.1, -0.05) is 11.6 Å². The van der Waals surface area contributed by atoms with Gasteiger partial charge in [0.05, 0.1) is 6.10 Å². The molecule has 16 heavy (non-hydrogen) atoms. The Labute approximate surface area is 101 Å². The quantitative estimate of drug-likeness (QED) is 0.878. The SMILES string of the molecule is CSCCC1CC(O)c2cc(C)ccc2O1. The van der Waals surface area contributed by atoms with Gasteiger partial charge in [-0.05, 0) is 37.5 Å². The number of hydrogen-bond donors (Lipinski definition) is 1. The van der Waals surface area contributed by atoms with Crippen LogP contribution >= 0.6 is 11.8 Å². The van der Waals surface area contributed by atoms with Crippen molar-refractivity contribution < 1.29 is 9.84 Å². The number of hydrogen-bond acceptors (Lipinski definition) is 3. The van der Waals surface area contributed by atoms with Crippen LogP contribution in [0.2, 0.25) is 0 Å². The minimum atomic E-state index is -0.365. The van der Waals surface area contributed by atoms with Crippen molar-refractivity contribution in [2.24, 2.45) is 0 Å². The van der Waals surface area contributed by atoms with Crippen LogP contribution in [0.25, 0.3) is 0 Å². The number of fused-ring (bicyclic) bond motifs is 1. The van der Waals surface area contributed by atoms with E-state index < -0.39 is 0 Å². The molecule has 0 spiro atoms. The maximum absolute atomic E-state index is 10.1. The van der Waals surface area contributed by atoms with E-state index in [0.717, 1.165) is 29.9 Å². The van der Waals surface area contributed by atoms with E-state index in [1.165, 1.54) is 5.56 Å². The topological polar surface area (TPSA) is 29.5 Å². The van der Waals surface area contributed by atoms with Crippen LogP contribution in [0.5, 0.6) is 5.75 Å². The molecule has 0 amide bonds. The predicted octanol–water partition coefficient (Wildman–Crippen LogP) is 2.93. The fraction of sp³-hybridized carbons (Fsp3) is 0.538. The number of ether oxygens (including phenoxy) is 1. The summed E-state index contributed by atoms with van der Waals surface area (Å²) >= 11 is 1.82. The van der Waals surface area contributed by atoms with E-state index in [0.29, 0.717) is 0 Å². The monoisotopic (exact) mass is 238 g/mol. The first kappa shape index (κ1) is 11.8. The first-order valence-corrected chi connectivity index (χ1v) is 7.04. The van der Waals surface area contributed by atoms with Gasteiger partial charge in [-0.2, -0.15) is 11.8 Å². The Morgan fingerprint density at radius 3 is 3.06 bits per heavy atom. The van der Waals surface area contributed by atoms with Crippen LogP contribution in [0.4, 0.5) is 0 Å². The molecule has 0 radical (unpaired) electrons. The lowest BCUT2D eigenvalue weighted by molar-refractivity contribution is 0.0648. The van der Waals surface area contributed by atoms with E-state index in [4.69, 9.17) is 4.74 Å². The standard InChI is InChI=1S/C13H18O2S/c1-9-3-4-13-11(7-9)12(14)8-10(15-13)5-6-16-2/h3-4,7,10,12,14H,5-6,8H2,1-2H3. The van der Waals surface area contributed by atoms with Crippen molar-refractivity contribution in [3.8, 4) is 5.75 Å². The zero-order chi connectivity index (χ0) is 11.5.